The van der Waals surface area contributed by atoms with Gasteiger partial charge in [-0.3, -0.25) is 4.90 Å². The summed E-state index contributed by atoms with van der Waals surface area (Å²) < 4.78 is 5.83. The summed E-state index contributed by atoms with van der Waals surface area (Å²) in [5, 5.41) is 5.99. The molecule has 2 aromatic rings. The van der Waals surface area contributed by atoms with Crippen molar-refractivity contribution in [3.63, 3.8) is 0 Å². The van der Waals surface area contributed by atoms with Crippen LogP contribution in [0, 0.1) is 6.92 Å². The molecule has 2 N–H and O–H groups in total. The molecule has 6 heteroatoms. The summed E-state index contributed by atoms with van der Waals surface area (Å²) in [6, 6.07) is 17.1. The van der Waals surface area contributed by atoms with E-state index in [1.165, 1.54) is 0 Å². The number of nitrogens with one attached hydrogen (secondary N) is 2. The zero-order valence-corrected chi connectivity index (χ0v) is 16.8. The molecule has 4 unspecified atom stereocenters. The Morgan fingerprint density at radius 3 is 2.45 bits per heavy atom. The fourth-order valence-corrected chi connectivity index (χ4v) is 4.43. The van der Waals surface area contributed by atoms with Gasteiger partial charge in [-0.25, -0.2) is 9.59 Å². The predicted molar refractivity (Wildman–Crippen MR) is 112 cm³/mol. The van der Waals surface area contributed by atoms with Crippen molar-refractivity contribution in [1.29, 1.82) is 0 Å². The van der Waals surface area contributed by atoms with E-state index in [1.54, 1.807) is 12.1 Å². The van der Waals surface area contributed by atoms with Gasteiger partial charge in [0, 0.05) is 30.2 Å². The van der Waals surface area contributed by atoms with Crippen LogP contribution in [0.4, 0.5) is 10.5 Å². The molecule has 6 nitrogen and oxygen atoms in total. The molecular weight excluding hydrogens is 366 g/mol. The second-order valence-corrected chi connectivity index (χ2v) is 8.06. The first kappa shape index (κ1) is 19.5. The average molecular weight is 393 g/mol. The third kappa shape index (κ3) is 4.43. The Morgan fingerprint density at radius 2 is 1.72 bits per heavy atom. The minimum Gasteiger partial charge on any atom is -0.457 e. The van der Waals surface area contributed by atoms with E-state index in [0.717, 1.165) is 30.5 Å². The lowest BCUT2D eigenvalue weighted by Gasteiger charge is -2.37. The minimum atomic E-state index is -0.279. The van der Waals surface area contributed by atoms with Gasteiger partial charge in [-0.15, -0.1) is 0 Å². The van der Waals surface area contributed by atoms with E-state index in [2.05, 4.69) is 22.6 Å². The van der Waals surface area contributed by atoms with Crippen molar-refractivity contribution in [2.45, 2.75) is 50.4 Å². The molecule has 0 aromatic heterocycles. The molecular formula is C23H27N3O3. The molecule has 2 aliphatic heterocycles. The van der Waals surface area contributed by atoms with Gasteiger partial charge in [0.25, 0.3) is 0 Å². The number of aryl methyl sites for hydroxylation is 1. The van der Waals surface area contributed by atoms with Gasteiger partial charge in [0.2, 0.25) is 0 Å². The maximum atomic E-state index is 12.5. The van der Waals surface area contributed by atoms with Gasteiger partial charge in [0.1, 0.15) is 6.10 Å². The number of urea groups is 1. The number of esters is 1. The lowest BCUT2D eigenvalue weighted by Crippen LogP contribution is -2.51. The molecule has 2 heterocycles. The van der Waals surface area contributed by atoms with Crippen LogP contribution in [0.3, 0.4) is 0 Å². The van der Waals surface area contributed by atoms with Crippen molar-refractivity contribution in [3.05, 3.63) is 65.7 Å². The van der Waals surface area contributed by atoms with Crippen molar-refractivity contribution < 1.29 is 14.3 Å². The van der Waals surface area contributed by atoms with Crippen molar-refractivity contribution in [1.82, 2.24) is 10.2 Å². The lowest BCUT2D eigenvalue weighted by molar-refractivity contribution is 0.0181. The Labute approximate surface area is 171 Å². The number of hydrogen-bond donors (Lipinski definition) is 2. The second-order valence-electron chi connectivity index (χ2n) is 8.06. The van der Waals surface area contributed by atoms with Gasteiger partial charge < -0.3 is 15.4 Å². The van der Waals surface area contributed by atoms with E-state index in [0.29, 0.717) is 11.6 Å². The molecule has 2 amide bonds. The van der Waals surface area contributed by atoms with E-state index >= 15 is 0 Å². The first-order valence-electron chi connectivity index (χ1n) is 10.1. The lowest BCUT2D eigenvalue weighted by atomic mass is 9.98. The Morgan fingerprint density at radius 1 is 1.00 bits per heavy atom. The number of piperidine rings is 1. The highest BCUT2D eigenvalue weighted by atomic mass is 16.5. The number of benzene rings is 2. The number of rotatable bonds is 4. The molecule has 2 aromatic carbocycles. The van der Waals surface area contributed by atoms with Crippen LogP contribution in [0.15, 0.2) is 54.6 Å². The monoisotopic (exact) mass is 393 g/mol. The van der Waals surface area contributed by atoms with E-state index in [4.69, 9.17) is 4.74 Å². The topological polar surface area (TPSA) is 70.7 Å². The molecule has 0 saturated carbocycles. The smallest absolute Gasteiger partial charge is 0.338 e. The first-order chi connectivity index (χ1) is 14.0. The number of ether oxygens (including phenoxy) is 1. The molecule has 0 radical (unpaired) electrons. The van der Waals surface area contributed by atoms with Crippen LogP contribution in [-0.4, -0.2) is 48.2 Å². The Balaban J connectivity index is 1.34. The van der Waals surface area contributed by atoms with Crippen LogP contribution in [-0.2, 0) is 4.74 Å². The normalized spacial score (nSPS) is 26.0. The van der Waals surface area contributed by atoms with Crippen LogP contribution in [0.5, 0.6) is 0 Å². The van der Waals surface area contributed by atoms with Crippen LogP contribution in [0.25, 0.3) is 0 Å². The second kappa shape index (κ2) is 8.25. The Kier molecular flexibility index (Phi) is 5.53. The molecule has 29 heavy (non-hydrogen) atoms. The van der Waals surface area contributed by atoms with Crippen molar-refractivity contribution in [3.8, 4) is 0 Å². The highest BCUT2D eigenvalue weighted by Gasteiger charge is 2.47. The van der Waals surface area contributed by atoms with Gasteiger partial charge in [-0.1, -0.05) is 35.9 Å². The fourth-order valence-electron chi connectivity index (χ4n) is 4.43. The highest BCUT2D eigenvalue weighted by molar-refractivity contribution is 5.90. The van der Waals surface area contributed by atoms with Gasteiger partial charge >= 0.3 is 12.0 Å². The van der Waals surface area contributed by atoms with Crippen LogP contribution >= 0.6 is 0 Å². The van der Waals surface area contributed by atoms with Gasteiger partial charge in [0.05, 0.1) is 5.56 Å². The number of amides is 2. The number of anilines is 1. The third-order valence-electron chi connectivity index (χ3n) is 6.03. The van der Waals surface area contributed by atoms with Crippen molar-refractivity contribution in [2.75, 3.05) is 12.4 Å². The summed E-state index contributed by atoms with van der Waals surface area (Å²) in [7, 11) is 2.08. The number of carbonyl (C=O) groups excluding carboxylic acids is 2. The molecule has 2 fully saturated rings. The van der Waals surface area contributed by atoms with Gasteiger partial charge in [-0.2, -0.15) is 0 Å². The highest BCUT2D eigenvalue weighted by Crippen LogP contribution is 2.36. The SMILES string of the molecule is Cc1ccc(NC(=O)NC2CC3CC(OC(=O)c4ccccc4)C(C2)N3C)cc1. The number of likely N-dealkylation sites (N-methyl/N-ethyl adjacent to an activating group) is 1. The number of carbonyl (C=O) groups is 2. The van der Waals surface area contributed by atoms with Crippen LogP contribution in [0.2, 0.25) is 0 Å². The fraction of sp³-hybridized carbons (Fsp3) is 0.391. The zero-order chi connectivity index (χ0) is 20.4. The maximum Gasteiger partial charge on any atom is 0.338 e. The standard InChI is InChI=1S/C23H27N3O3/c1-15-8-10-17(11-9-15)24-23(28)25-18-12-19-14-21(20(13-18)26(19)2)29-22(27)16-6-4-3-5-7-16/h3-11,18-21H,12-14H2,1-2H3,(H2,24,25,28). The third-order valence-corrected chi connectivity index (χ3v) is 6.03. The summed E-state index contributed by atoms with van der Waals surface area (Å²) in [5.74, 6) is -0.279. The molecule has 0 aliphatic carbocycles. The first-order valence-corrected chi connectivity index (χ1v) is 10.1. The van der Waals surface area contributed by atoms with Gasteiger partial charge in [0.15, 0.2) is 0 Å². The van der Waals surface area contributed by atoms with E-state index in [9.17, 15) is 9.59 Å². The Bertz CT molecular complexity index is 869. The number of hydrogen-bond acceptors (Lipinski definition) is 4. The molecule has 152 valence electrons. The quantitative estimate of drug-likeness (QED) is 0.779. The summed E-state index contributed by atoms with van der Waals surface area (Å²) >= 11 is 0. The molecule has 4 rings (SSSR count). The van der Waals surface area contributed by atoms with Crippen molar-refractivity contribution >= 4 is 17.7 Å². The predicted octanol–water partition coefficient (Wildman–Crippen LogP) is 3.58. The summed E-state index contributed by atoms with van der Waals surface area (Å²) in [6.07, 6.45) is 2.27. The summed E-state index contributed by atoms with van der Waals surface area (Å²) in [4.78, 5) is 27.2. The number of nitrogens with zero attached hydrogens (tertiary/aromatic N) is 1. The van der Waals surface area contributed by atoms with Crippen LogP contribution < -0.4 is 10.6 Å². The van der Waals surface area contributed by atoms with E-state index in [-0.39, 0.29) is 30.2 Å². The van der Waals surface area contributed by atoms with Crippen molar-refractivity contribution in [2.24, 2.45) is 0 Å². The molecule has 0 spiro atoms. The van der Waals surface area contributed by atoms with E-state index < -0.39 is 0 Å². The maximum absolute atomic E-state index is 12.5. The largest absolute Gasteiger partial charge is 0.457 e. The van der Waals surface area contributed by atoms with Gasteiger partial charge in [-0.05, 0) is 51.1 Å². The summed E-state index contributed by atoms with van der Waals surface area (Å²) in [6.45, 7) is 2.01. The molecule has 2 aliphatic rings. The molecule has 2 bridgehead atoms. The molecule has 4 atom stereocenters. The molecule has 2 saturated heterocycles. The minimum absolute atomic E-state index is 0.0621. The van der Waals surface area contributed by atoms with Crippen LogP contribution in [0.1, 0.15) is 35.2 Å². The summed E-state index contributed by atoms with van der Waals surface area (Å²) in [5.41, 5.74) is 2.50. The average Bonchev–Trinajstić information content (AvgIpc) is 2.88. The Hall–Kier alpha value is -2.86. The number of fused-ring (bicyclic) bond motifs is 2. The zero-order valence-electron chi connectivity index (χ0n) is 16.8. The van der Waals surface area contributed by atoms with E-state index in [1.807, 2.05) is 49.4 Å².